The molecule has 1 saturated carbocycles. The smallest absolute Gasteiger partial charge is 0.305 e. The second-order valence-corrected chi connectivity index (χ2v) is 10.8. The minimum atomic E-state index is -0.392. The maximum absolute atomic E-state index is 13.6. The summed E-state index contributed by atoms with van der Waals surface area (Å²) in [6, 6.07) is 9.57. The molecule has 42 heavy (non-hydrogen) atoms. The Morgan fingerprint density at radius 2 is 1.81 bits per heavy atom. The number of methoxy groups -OCH3 is 1. The number of unbranched alkanes of at least 4 members (excludes halogenated alkanes) is 1. The Morgan fingerprint density at radius 3 is 2.45 bits per heavy atom. The molecule has 10 nitrogen and oxygen atoms in total. The van der Waals surface area contributed by atoms with E-state index in [1.807, 2.05) is 22.7 Å². The standard InChI is InChI=1S/C30H35FN4O6S/c1-32-30(39)28-22-14-21(18-7-8-18)23(15-24(22)41-29(28)19-9-11-20(31)12-10-19)35(42-3)17-26(37)34-16-25(36)33-13-5-4-6-27(38)40-2/h9-12,14-15,18H,4-8,13,16-17H2,1-3H3,(H,32,39)(H,33,36)(H,34,37). The molecule has 1 aliphatic carbocycles. The van der Waals surface area contributed by atoms with Crippen molar-refractivity contribution in [3.63, 3.8) is 0 Å². The number of ether oxygens (including phenoxy) is 1. The highest BCUT2D eigenvalue weighted by Crippen LogP contribution is 2.48. The molecule has 0 radical (unpaired) electrons. The summed E-state index contributed by atoms with van der Waals surface area (Å²) in [6.07, 6.45) is 5.35. The van der Waals surface area contributed by atoms with Crippen molar-refractivity contribution in [2.45, 2.75) is 38.0 Å². The van der Waals surface area contributed by atoms with Crippen LogP contribution in [0.25, 0.3) is 22.3 Å². The summed E-state index contributed by atoms with van der Waals surface area (Å²) in [7, 11) is 2.88. The molecular formula is C30H35FN4O6S. The minimum absolute atomic E-state index is 0.00731. The van der Waals surface area contributed by atoms with Gasteiger partial charge in [-0.1, -0.05) is 11.9 Å². The number of fused-ring (bicyclic) bond motifs is 1. The Kier molecular flexibility index (Phi) is 10.5. The van der Waals surface area contributed by atoms with Gasteiger partial charge in [0.05, 0.1) is 24.9 Å². The second-order valence-electron chi connectivity index (χ2n) is 9.95. The van der Waals surface area contributed by atoms with Gasteiger partial charge in [0.15, 0.2) is 0 Å². The van der Waals surface area contributed by atoms with Crippen LogP contribution in [0.3, 0.4) is 0 Å². The van der Waals surface area contributed by atoms with E-state index < -0.39 is 5.82 Å². The van der Waals surface area contributed by atoms with E-state index in [4.69, 9.17) is 4.42 Å². The number of nitrogens with one attached hydrogen (secondary N) is 3. The third kappa shape index (κ3) is 7.61. The number of carbonyl (C=O) groups excluding carboxylic acids is 4. The normalized spacial score (nSPS) is 12.6. The van der Waals surface area contributed by atoms with Crippen LogP contribution in [0.5, 0.6) is 0 Å². The zero-order valence-electron chi connectivity index (χ0n) is 23.9. The number of amides is 3. The van der Waals surface area contributed by atoms with Crippen molar-refractivity contribution in [3.05, 3.63) is 53.3 Å². The van der Waals surface area contributed by atoms with Gasteiger partial charge in [-0.2, -0.15) is 0 Å². The number of rotatable bonds is 14. The monoisotopic (exact) mass is 598 g/mol. The van der Waals surface area contributed by atoms with Crippen LogP contribution in [0.1, 0.15) is 53.9 Å². The fourth-order valence-corrected chi connectivity index (χ4v) is 5.24. The van der Waals surface area contributed by atoms with E-state index in [2.05, 4.69) is 20.7 Å². The number of furan rings is 1. The lowest BCUT2D eigenvalue weighted by Gasteiger charge is -2.24. The van der Waals surface area contributed by atoms with Crippen LogP contribution >= 0.6 is 11.9 Å². The summed E-state index contributed by atoms with van der Waals surface area (Å²) in [4.78, 5) is 49.1. The highest BCUT2D eigenvalue weighted by molar-refractivity contribution is 8.00. The van der Waals surface area contributed by atoms with E-state index in [1.165, 1.54) is 31.2 Å². The molecule has 0 spiro atoms. The molecule has 2 aromatic carbocycles. The van der Waals surface area contributed by atoms with Gasteiger partial charge in [0.25, 0.3) is 5.91 Å². The molecule has 0 bridgehead atoms. The van der Waals surface area contributed by atoms with Crippen molar-refractivity contribution >= 4 is 52.3 Å². The largest absolute Gasteiger partial charge is 0.469 e. The number of halogens is 1. The molecule has 3 N–H and O–H groups in total. The van der Waals surface area contributed by atoms with Crippen molar-refractivity contribution in [3.8, 4) is 11.3 Å². The number of nitrogens with zero attached hydrogens (tertiary/aromatic N) is 1. The predicted octanol–water partition coefficient (Wildman–Crippen LogP) is 4.14. The van der Waals surface area contributed by atoms with E-state index in [0.717, 1.165) is 24.1 Å². The average Bonchev–Trinajstić information content (AvgIpc) is 3.78. The molecule has 3 aromatic rings. The molecule has 1 fully saturated rings. The number of anilines is 1. The third-order valence-corrected chi connectivity index (χ3v) is 7.76. The van der Waals surface area contributed by atoms with Gasteiger partial charge in [-0.05, 0) is 67.5 Å². The Bertz CT molecular complexity index is 1450. The van der Waals surface area contributed by atoms with Gasteiger partial charge in [-0.25, -0.2) is 4.39 Å². The van der Waals surface area contributed by atoms with Gasteiger partial charge < -0.3 is 29.4 Å². The molecule has 1 aliphatic rings. The molecule has 3 amide bonds. The van der Waals surface area contributed by atoms with Crippen molar-refractivity contribution in [1.29, 1.82) is 0 Å². The van der Waals surface area contributed by atoms with E-state index in [-0.39, 0.29) is 42.7 Å². The zero-order valence-corrected chi connectivity index (χ0v) is 24.7. The van der Waals surface area contributed by atoms with Crippen molar-refractivity contribution < 1.29 is 32.7 Å². The van der Waals surface area contributed by atoms with Gasteiger partial charge in [-0.15, -0.1) is 0 Å². The Labute approximate surface area is 247 Å². The van der Waals surface area contributed by atoms with Gasteiger partial charge in [-0.3, -0.25) is 19.2 Å². The number of hydrogen-bond donors (Lipinski definition) is 3. The summed E-state index contributed by atoms with van der Waals surface area (Å²) in [5.41, 5.74) is 3.22. The van der Waals surface area contributed by atoms with Crippen LogP contribution in [0, 0.1) is 5.82 Å². The van der Waals surface area contributed by atoms with Crippen molar-refractivity contribution in [2.75, 3.05) is 44.4 Å². The van der Waals surface area contributed by atoms with Crippen LogP contribution in [-0.2, 0) is 19.1 Å². The summed E-state index contributed by atoms with van der Waals surface area (Å²) in [6.45, 7) is 0.225. The first-order chi connectivity index (χ1) is 20.2. The van der Waals surface area contributed by atoms with Crippen LogP contribution in [0.15, 0.2) is 40.8 Å². The van der Waals surface area contributed by atoms with Gasteiger partial charge >= 0.3 is 5.97 Å². The predicted molar refractivity (Wildman–Crippen MR) is 160 cm³/mol. The lowest BCUT2D eigenvalue weighted by molar-refractivity contribution is -0.140. The first kappa shape index (κ1) is 30.9. The van der Waals surface area contributed by atoms with Gasteiger partial charge in [0, 0.05) is 43.3 Å². The second kappa shape index (κ2) is 14.2. The van der Waals surface area contributed by atoms with Crippen molar-refractivity contribution in [2.24, 2.45) is 0 Å². The highest BCUT2D eigenvalue weighted by Gasteiger charge is 2.31. The van der Waals surface area contributed by atoms with Crippen molar-refractivity contribution in [1.82, 2.24) is 16.0 Å². The van der Waals surface area contributed by atoms with Crippen LogP contribution in [0.2, 0.25) is 0 Å². The molecule has 12 heteroatoms. The molecule has 1 aromatic heterocycles. The molecule has 1 heterocycles. The number of esters is 1. The van der Waals surface area contributed by atoms with Crippen LogP contribution in [0.4, 0.5) is 10.1 Å². The summed E-state index contributed by atoms with van der Waals surface area (Å²) in [5.74, 6) is -1.01. The molecule has 0 atom stereocenters. The van der Waals surface area contributed by atoms with Gasteiger partial charge in [0.2, 0.25) is 11.8 Å². The quantitative estimate of drug-likeness (QED) is 0.144. The molecule has 224 valence electrons. The molecule has 4 rings (SSSR count). The summed E-state index contributed by atoms with van der Waals surface area (Å²) < 4.78 is 26.2. The number of carbonyl (C=O) groups is 4. The minimum Gasteiger partial charge on any atom is -0.469 e. The van der Waals surface area contributed by atoms with Crippen LogP contribution in [-0.4, -0.2) is 63.7 Å². The maximum atomic E-state index is 13.6. The SMILES string of the molecule is CNC(=O)c1c(-c2ccc(F)cc2)oc2cc(N(CC(=O)NCC(=O)NCCCCC(=O)OC)SC)c(C3CC3)cc12. The number of benzene rings is 2. The first-order valence-electron chi connectivity index (χ1n) is 13.8. The lowest BCUT2D eigenvalue weighted by Crippen LogP contribution is -2.41. The van der Waals surface area contributed by atoms with E-state index in [0.29, 0.717) is 53.7 Å². The van der Waals surface area contributed by atoms with Gasteiger partial charge in [0.1, 0.15) is 23.7 Å². The third-order valence-electron chi connectivity index (χ3n) is 6.99. The summed E-state index contributed by atoms with van der Waals surface area (Å²) in [5, 5.41) is 8.71. The fraction of sp³-hybridized carbons (Fsp3) is 0.400. The highest BCUT2D eigenvalue weighted by atomic mass is 32.2. The fourth-order valence-electron chi connectivity index (χ4n) is 4.64. The Balaban J connectivity index is 1.49. The molecule has 0 unspecified atom stereocenters. The average molecular weight is 599 g/mol. The molecule has 0 saturated heterocycles. The molecular weight excluding hydrogens is 563 g/mol. The van der Waals surface area contributed by atoms with Crippen LogP contribution < -0.4 is 20.3 Å². The Morgan fingerprint density at radius 1 is 1.07 bits per heavy atom. The van der Waals surface area contributed by atoms with E-state index >= 15 is 0 Å². The maximum Gasteiger partial charge on any atom is 0.305 e. The lowest BCUT2D eigenvalue weighted by atomic mass is 10.0. The zero-order chi connectivity index (χ0) is 30.2. The first-order valence-corrected chi connectivity index (χ1v) is 14.9. The number of hydrogen-bond acceptors (Lipinski definition) is 8. The molecule has 0 aliphatic heterocycles. The topological polar surface area (TPSA) is 130 Å². The Hall–Kier alpha value is -4.06. The van der Waals surface area contributed by atoms with E-state index in [9.17, 15) is 23.6 Å². The van der Waals surface area contributed by atoms with E-state index in [1.54, 1.807) is 19.2 Å². The summed E-state index contributed by atoms with van der Waals surface area (Å²) >= 11 is 1.37.